The van der Waals surface area contributed by atoms with Gasteiger partial charge in [0.05, 0.1) is 18.9 Å². The average molecular weight is 319 g/mol. The fraction of sp³-hybridized carbons (Fsp3) is 0.722. The van der Waals surface area contributed by atoms with Gasteiger partial charge in [0.1, 0.15) is 5.75 Å². The van der Waals surface area contributed by atoms with E-state index in [0.29, 0.717) is 6.10 Å². The smallest absolute Gasteiger partial charge is 0.128 e. The van der Waals surface area contributed by atoms with E-state index in [1.54, 1.807) is 7.11 Å². The highest BCUT2D eigenvalue weighted by atomic mass is 16.5. The molecule has 0 aromatic carbocycles. The molecule has 5 nitrogen and oxygen atoms in total. The van der Waals surface area contributed by atoms with E-state index in [4.69, 9.17) is 9.47 Å². The molecular formula is C18H29N3O2. The van der Waals surface area contributed by atoms with E-state index in [0.717, 1.165) is 62.9 Å². The fourth-order valence-corrected chi connectivity index (χ4v) is 3.65. The first-order valence-electron chi connectivity index (χ1n) is 8.72. The van der Waals surface area contributed by atoms with Crippen LogP contribution in [0.3, 0.4) is 0 Å². The molecule has 3 rings (SSSR count). The summed E-state index contributed by atoms with van der Waals surface area (Å²) >= 11 is 0. The third-order valence-electron chi connectivity index (χ3n) is 5.07. The zero-order valence-corrected chi connectivity index (χ0v) is 14.7. The van der Waals surface area contributed by atoms with Crippen LogP contribution in [0.4, 0.5) is 0 Å². The van der Waals surface area contributed by atoms with Crippen LogP contribution in [0.2, 0.25) is 0 Å². The summed E-state index contributed by atoms with van der Waals surface area (Å²) in [5.41, 5.74) is 3.42. The Morgan fingerprint density at radius 3 is 2.61 bits per heavy atom. The van der Waals surface area contributed by atoms with Crippen molar-refractivity contribution in [3.8, 4) is 5.75 Å². The number of rotatable bonds is 5. The van der Waals surface area contributed by atoms with Crippen LogP contribution in [0.5, 0.6) is 5.75 Å². The lowest BCUT2D eigenvalue weighted by Gasteiger charge is -2.35. The number of pyridine rings is 1. The minimum Gasteiger partial charge on any atom is -0.496 e. The average Bonchev–Trinajstić information content (AvgIpc) is 3.05. The number of methoxy groups -OCH3 is 1. The monoisotopic (exact) mass is 319 g/mol. The third-order valence-corrected chi connectivity index (χ3v) is 5.07. The van der Waals surface area contributed by atoms with E-state index in [2.05, 4.69) is 21.7 Å². The number of piperazine rings is 1. The van der Waals surface area contributed by atoms with Crippen LogP contribution in [0.1, 0.15) is 29.7 Å². The quantitative estimate of drug-likeness (QED) is 0.830. The summed E-state index contributed by atoms with van der Waals surface area (Å²) in [6.07, 6.45) is 4.85. The molecule has 2 aliphatic rings. The lowest BCUT2D eigenvalue weighted by atomic mass is 10.1. The molecule has 2 saturated heterocycles. The molecule has 0 radical (unpaired) electrons. The fourth-order valence-electron chi connectivity index (χ4n) is 3.65. The van der Waals surface area contributed by atoms with Gasteiger partial charge in [-0.15, -0.1) is 0 Å². The van der Waals surface area contributed by atoms with Gasteiger partial charge in [0.25, 0.3) is 0 Å². The number of hydrogen-bond acceptors (Lipinski definition) is 5. The largest absolute Gasteiger partial charge is 0.496 e. The van der Waals surface area contributed by atoms with Crippen LogP contribution in [0.25, 0.3) is 0 Å². The summed E-state index contributed by atoms with van der Waals surface area (Å²) in [5, 5.41) is 0. The SMILES string of the molecule is COc1c(C)cnc(CN2CCN(C[C@@H]3CCCO3)CC2)c1C. The van der Waals surface area contributed by atoms with E-state index in [1.165, 1.54) is 18.4 Å². The first-order chi connectivity index (χ1) is 11.2. The molecule has 0 unspecified atom stereocenters. The van der Waals surface area contributed by atoms with Gasteiger partial charge in [0.2, 0.25) is 0 Å². The van der Waals surface area contributed by atoms with Crippen LogP contribution in [-0.4, -0.2) is 67.3 Å². The van der Waals surface area contributed by atoms with Crippen LogP contribution in [0, 0.1) is 13.8 Å². The molecule has 1 aromatic rings. The van der Waals surface area contributed by atoms with Crippen molar-refractivity contribution in [2.45, 2.75) is 39.3 Å². The summed E-state index contributed by atoms with van der Waals surface area (Å²) in [7, 11) is 1.74. The molecule has 1 atom stereocenters. The van der Waals surface area contributed by atoms with Gasteiger partial charge >= 0.3 is 0 Å². The highest BCUT2D eigenvalue weighted by molar-refractivity contribution is 5.41. The van der Waals surface area contributed by atoms with Gasteiger partial charge in [-0.1, -0.05) is 0 Å². The molecule has 1 aromatic heterocycles. The molecule has 2 aliphatic heterocycles. The summed E-state index contributed by atoms with van der Waals surface area (Å²) < 4.78 is 11.3. The van der Waals surface area contributed by atoms with Crippen molar-refractivity contribution in [2.75, 3.05) is 46.4 Å². The second-order valence-corrected chi connectivity index (χ2v) is 6.76. The summed E-state index contributed by atoms with van der Waals surface area (Å²) in [6.45, 7) is 11.6. The van der Waals surface area contributed by atoms with E-state index >= 15 is 0 Å². The standard InChI is InChI=1S/C18H29N3O2/c1-14-11-19-17(15(2)18(14)22-3)13-21-8-6-20(7-9-21)12-16-5-4-10-23-16/h11,16H,4-10,12-13H2,1-3H3/t16-/m0/s1. The van der Waals surface area contributed by atoms with E-state index < -0.39 is 0 Å². The maximum absolute atomic E-state index is 5.75. The van der Waals surface area contributed by atoms with Gasteiger partial charge in [-0.05, 0) is 26.7 Å². The van der Waals surface area contributed by atoms with Gasteiger partial charge in [0.15, 0.2) is 0 Å². The first-order valence-corrected chi connectivity index (χ1v) is 8.72. The third kappa shape index (κ3) is 4.03. The molecule has 0 N–H and O–H groups in total. The van der Waals surface area contributed by atoms with Crippen molar-refractivity contribution >= 4 is 0 Å². The van der Waals surface area contributed by atoms with Gasteiger partial charge < -0.3 is 9.47 Å². The predicted octanol–water partition coefficient (Wildman–Crippen LogP) is 2.00. The molecule has 128 valence electrons. The number of aryl methyl sites for hydroxylation is 1. The normalized spacial score (nSPS) is 23.3. The number of aromatic nitrogens is 1. The Balaban J connectivity index is 1.52. The van der Waals surface area contributed by atoms with Crippen molar-refractivity contribution in [1.82, 2.24) is 14.8 Å². The van der Waals surface area contributed by atoms with Crippen molar-refractivity contribution < 1.29 is 9.47 Å². The highest BCUT2D eigenvalue weighted by Crippen LogP contribution is 2.25. The molecule has 0 spiro atoms. The molecular weight excluding hydrogens is 290 g/mol. The molecule has 0 saturated carbocycles. The molecule has 0 aliphatic carbocycles. The second kappa shape index (κ2) is 7.60. The molecule has 3 heterocycles. The summed E-state index contributed by atoms with van der Waals surface area (Å²) in [4.78, 5) is 9.67. The van der Waals surface area contributed by atoms with Crippen molar-refractivity contribution in [1.29, 1.82) is 0 Å². The van der Waals surface area contributed by atoms with Crippen molar-refractivity contribution in [3.05, 3.63) is 23.0 Å². The highest BCUT2D eigenvalue weighted by Gasteiger charge is 2.23. The first kappa shape index (κ1) is 16.7. The van der Waals surface area contributed by atoms with Crippen LogP contribution in [-0.2, 0) is 11.3 Å². The van der Waals surface area contributed by atoms with Gasteiger partial charge in [-0.3, -0.25) is 14.8 Å². The van der Waals surface area contributed by atoms with Crippen LogP contribution < -0.4 is 4.74 Å². The number of nitrogens with zero attached hydrogens (tertiary/aromatic N) is 3. The number of ether oxygens (including phenoxy) is 2. The Morgan fingerprint density at radius 1 is 1.22 bits per heavy atom. The minimum atomic E-state index is 0.465. The van der Waals surface area contributed by atoms with Gasteiger partial charge in [-0.25, -0.2) is 0 Å². The lowest BCUT2D eigenvalue weighted by Crippen LogP contribution is -2.48. The van der Waals surface area contributed by atoms with E-state index in [9.17, 15) is 0 Å². The van der Waals surface area contributed by atoms with Crippen LogP contribution in [0.15, 0.2) is 6.20 Å². The molecule has 2 fully saturated rings. The second-order valence-electron chi connectivity index (χ2n) is 6.76. The Kier molecular flexibility index (Phi) is 5.51. The van der Waals surface area contributed by atoms with E-state index in [1.807, 2.05) is 13.1 Å². The lowest BCUT2D eigenvalue weighted by molar-refractivity contribution is 0.0486. The Bertz CT molecular complexity index is 521. The molecule has 5 heteroatoms. The predicted molar refractivity (Wildman–Crippen MR) is 91.0 cm³/mol. The maximum atomic E-state index is 5.75. The minimum absolute atomic E-state index is 0.465. The zero-order valence-electron chi connectivity index (χ0n) is 14.7. The number of hydrogen-bond donors (Lipinski definition) is 0. The van der Waals surface area contributed by atoms with Gasteiger partial charge in [-0.2, -0.15) is 0 Å². The Labute approximate surface area is 139 Å². The van der Waals surface area contributed by atoms with Gasteiger partial charge in [0, 0.05) is 63.2 Å². The molecule has 23 heavy (non-hydrogen) atoms. The zero-order chi connectivity index (χ0) is 16.2. The van der Waals surface area contributed by atoms with Crippen molar-refractivity contribution in [2.24, 2.45) is 0 Å². The van der Waals surface area contributed by atoms with Crippen molar-refractivity contribution in [3.63, 3.8) is 0 Å². The summed E-state index contributed by atoms with van der Waals surface area (Å²) in [6, 6.07) is 0. The van der Waals surface area contributed by atoms with E-state index in [-0.39, 0.29) is 0 Å². The molecule has 0 bridgehead atoms. The summed E-state index contributed by atoms with van der Waals surface area (Å²) in [5.74, 6) is 0.979. The molecule has 0 amide bonds. The maximum Gasteiger partial charge on any atom is 0.128 e. The van der Waals surface area contributed by atoms with Crippen LogP contribution >= 0.6 is 0 Å². The topological polar surface area (TPSA) is 37.8 Å². The Morgan fingerprint density at radius 2 is 1.96 bits per heavy atom. The Hall–Kier alpha value is -1.17.